The van der Waals surface area contributed by atoms with Gasteiger partial charge in [-0.15, -0.1) is 0 Å². The average Bonchev–Trinajstić information content (AvgIpc) is 2.83. The van der Waals surface area contributed by atoms with Crippen molar-refractivity contribution in [2.75, 3.05) is 33.4 Å². The molecule has 8 nitrogen and oxygen atoms in total. The molecule has 0 aliphatic carbocycles. The maximum atomic E-state index is 12.8. The Kier molecular flexibility index (Phi) is 11.7. The van der Waals surface area contributed by atoms with Crippen molar-refractivity contribution in [3.63, 3.8) is 0 Å². The van der Waals surface area contributed by atoms with E-state index >= 15 is 0 Å². The van der Waals surface area contributed by atoms with Crippen LogP contribution in [0.15, 0.2) is 48.5 Å². The van der Waals surface area contributed by atoms with Gasteiger partial charge in [-0.2, -0.15) is 0 Å². The van der Waals surface area contributed by atoms with Gasteiger partial charge in [0.1, 0.15) is 23.9 Å². The fraction of sp³-hybridized carbons (Fsp3) is 0.462. The molecule has 8 heteroatoms. The summed E-state index contributed by atoms with van der Waals surface area (Å²) in [5.41, 5.74) is 0.844. The summed E-state index contributed by atoms with van der Waals surface area (Å²) in [7, 11) is 1.56. The van der Waals surface area contributed by atoms with Crippen molar-refractivity contribution in [3.05, 3.63) is 54.1 Å². The number of aliphatic carboxylic acids is 1. The molecule has 0 saturated heterocycles. The second-order valence-electron chi connectivity index (χ2n) is 7.72. The maximum Gasteiger partial charge on any atom is 0.415 e. The first-order valence-electron chi connectivity index (χ1n) is 11.6. The van der Waals surface area contributed by atoms with Crippen molar-refractivity contribution in [3.8, 4) is 17.2 Å². The zero-order valence-corrected chi connectivity index (χ0v) is 20.2. The molecule has 0 bridgehead atoms. The summed E-state index contributed by atoms with van der Waals surface area (Å²) in [6.45, 7) is 5.47. The minimum Gasteiger partial charge on any atom is -0.497 e. The number of unbranched alkanes of at least 4 members (excludes halogenated alkanes) is 2. The highest BCUT2D eigenvalue weighted by molar-refractivity contribution is 5.72. The number of carboxylic acids is 1. The van der Waals surface area contributed by atoms with Gasteiger partial charge in [0, 0.05) is 25.6 Å². The molecule has 0 fully saturated rings. The Morgan fingerprint density at radius 2 is 1.71 bits per heavy atom. The van der Waals surface area contributed by atoms with Crippen LogP contribution in [-0.2, 0) is 16.0 Å². The van der Waals surface area contributed by atoms with Gasteiger partial charge < -0.3 is 29.0 Å². The van der Waals surface area contributed by atoms with Gasteiger partial charge in [-0.1, -0.05) is 38.0 Å². The molecule has 1 atom stereocenters. The predicted molar refractivity (Wildman–Crippen MR) is 129 cm³/mol. The summed E-state index contributed by atoms with van der Waals surface area (Å²) in [6.07, 6.45) is 1.93. The van der Waals surface area contributed by atoms with Gasteiger partial charge in [0.2, 0.25) is 0 Å². The number of amides is 1. The van der Waals surface area contributed by atoms with E-state index in [2.05, 4.69) is 6.92 Å². The van der Waals surface area contributed by atoms with Crippen molar-refractivity contribution >= 4 is 12.1 Å². The molecule has 1 N–H and O–H groups in total. The zero-order chi connectivity index (χ0) is 24.8. The third-order valence-corrected chi connectivity index (χ3v) is 5.15. The third kappa shape index (κ3) is 9.31. The SMILES string of the molecule is CCCCCN(CCOc1ccc(CC(OCC)C(=O)O)cc1)C(=O)Oc1cccc(OC)c1. The largest absolute Gasteiger partial charge is 0.497 e. The van der Waals surface area contributed by atoms with Crippen molar-refractivity contribution in [2.45, 2.75) is 45.6 Å². The maximum absolute atomic E-state index is 12.8. The quantitative estimate of drug-likeness (QED) is 0.371. The average molecular weight is 474 g/mol. The molecular weight excluding hydrogens is 438 g/mol. The van der Waals surface area contributed by atoms with E-state index in [0.717, 1.165) is 24.8 Å². The molecule has 0 aliphatic heterocycles. The smallest absolute Gasteiger partial charge is 0.415 e. The highest BCUT2D eigenvalue weighted by atomic mass is 16.6. The first-order valence-corrected chi connectivity index (χ1v) is 11.6. The molecule has 0 heterocycles. The summed E-state index contributed by atoms with van der Waals surface area (Å²) < 4.78 is 21.8. The molecule has 1 amide bonds. The van der Waals surface area contributed by atoms with Gasteiger partial charge in [-0.3, -0.25) is 0 Å². The number of carbonyl (C=O) groups is 2. The van der Waals surface area contributed by atoms with Crippen LogP contribution in [0.3, 0.4) is 0 Å². The lowest BCUT2D eigenvalue weighted by atomic mass is 10.1. The van der Waals surface area contributed by atoms with Crippen molar-refractivity contribution in [2.24, 2.45) is 0 Å². The Morgan fingerprint density at radius 1 is 0.971 bits per heavy atom. The number of methoxy groups -OCH3 is 1. The van der Waals surface area contributed by atoms with Crippen molar-refractivity contribution in [1.82, 2.24) is 4.90 Å². The molecule has 2 aromatic rings. The molecule has 2 aromatic carbocycles. The van der Waals surface area contributed by atoms with Crippen molar-refractivity contribution in [1.29, 1.82) is 0 Å². The summed E-state index contributed by atoms with van der Waals surface area (Å²) in [5.74, 6) is 0.700. The minimum atomic E-state index is -0.980. The predicted octanol–water partition coefficient (Wildman–Crippen LogP) is 4.80. The van der Waals surface area contributed by atoms with Gasteiger partial charge in [0.05, 0.1) is 13.7 Å². The van der Waals surface area contributed by atoms with Gasteiger partial charge in [-0.25, -0.2) is 9.59 Å². The molecule has 1 unspecified atom stereocenters. The first kappa shape index (κ1) is 27.0. The second-order valence-corrected chi connectivity index (χ2v) is 7.72. The lowest BCUT2D eigenvalue weighted by Crippen LogP contribution is -2.37. The second kappa shape index (κ2) is 14.8. The highest BCUT2D eigenvalue weighted by Crippen LogP contribution is 2.20. The Morgan fingerprint density at radius 3 is 2.35 bits per heavy atom. The summed E-state index contributed by atoms with van der Waals surface area (Å²) in [5, 5.41) is 9.23. The molecule has 0 radical (unpaired) electrons. The van der Waals surface area contributed by atoms with E-state index in [1.165, 1.54) is 0 Å². The summed E-state index contributed by atoms with van der Waals surface area (Å²) >= 11 is 0. The Balaban J connectivity index is 1.91. The lowest BCUT2D eigenvalue weighted by Gasteiger charge is -2.22. The van der Waals surface area contributed by atoms with Crippen LogP contribution in [0.2, 0.25) is 0 Å². The Labute approximate surface area is 201 Å². The third-order valence-electron chi connectivity index (χ3n) is 5.15. The molecule has 34 heavy (non-hydrogen) atoms. The standard InChI is InChI=1S/C26H35NO7/c1-4-6-7-15-27(26(30)34-23-10-8-9-22(19-23)31-3)16-17-33-21-13-11-20(12-14-21)18-24(25(28)29)32-5-2/h8-14,19,24H,4-7,15-18H2,1-3H3,(H,28,29). The normalized spacial score (nSPS) is 11.5. The number of carbonyl (C=O) groups excluding carboxylic acids is 1. The van der Waals surface area contributed by atoms with E-state index in [9.17, 15) is 14.7 Å². The number of hydrogen-bond acceptors (Lipinski definition) is 6. The van der Waals surface area contributed by atoms with E-state index < -0.39 is 18.2 Å². The number of carboxylic acid groups (broad SMARTS) is 1. The molecule has 0 aromatic heterocycles. The van der Waals surface area contributed by atoms with E-state index in [1.807, 2.05) is 12.1 Å². The Bertz CT molecular complexity index is 885. The van der Waals surface area contributed by atoms with Crippen LogP contribution < -0.4 is 14.2 Å². The number of benzene rings is 2. The molecule has 0 aliphatic rings. The highest BCUT2D eigenvalue weighted by Gasteiger charge is 2.18. The van der Waals surface area contributed by atoms with Gasteiger partial charge >= 0.3 is 12.1 Å². The van der Waals surface area contributed by atoms with Crippen LogP contribution in [0.25, 0.3) is 0 Å². The number of rotatable bonds is 15. The molecule has 186 valence electrons. The summed E-state index contributed by atoms with van der Waals surface area (Å²) in [4.78, 5) is 25.7. The number of nitrogens with zero attached hydrogens (tertiary/aromatic N) is 1. The topological polar surface area (TPSA) is 94.5 Å². The Hall–Kier alpha value is -3.26. The fourth-order valence-corrected chi connectivity index (χ4v) is 3.31. The number of ether oxygens (including phenoxy) is 4. The van der Waals surface area contributed by atoms with Crippen LogP contribution >= 0.6 is 0 Å². The van der Waals surface area contributed by atoms with E-state index in [1.54, 1.807) is 55.3 Å². The molecule has 0 spiro atoms. The van der Waals surface area contributed by atoms with E-state index in [-0.39, 0.29) is 6.42 Å². The van der Waals surface area contributed by atoms with Crippen LogP contribution in [0.5, 0.6) is 17.2 Å². The fourth-order valence-electron chi connectivity index (χ4n) is 3.31. The van der Waals surface area contributed by atoms with Crippen LogP contribution in [0, 0.1) is 0 Å². The van der Waals surface area contributed by atoms with E-state index in [4.69, 9.17) is 18.9 Å². The van der Waals surface area contributed by atoms with Gasteiger partial charge in [0.15, 0.2) is 6.10 Å². The van der Waals surface area contributed by atoms with Crippen LogP contribution in [-0.4, -0.2) is 61.6 Å². The van der Waals surface area contributed by atoms with E-state index in [0.29, 0.717) is 43.6 Å². The van der Waals surface area contributed by atoms with Gasteiger partial charge in [0.25, 0.3) is 0 Å². The molecule has 2 rings (SSSR count). The minimum absolute atomic E-state index is 0.283. The molecular formula is C26H35NO7. The van der Waals surface area contributed by atoms with Crippen molar-refractivity contribution < 1.29 is 33.6 Å². The number of hydrogen-bond donors (Lipinski definition) is 1. The monoisotopic (exact) mass is 473 g/mol. The molecule has 0 saturated carbocycles. The van der Waals surface area contributed by atoms with Gasteiger partial charge in [-0.05, 0) is 43.2 Å². The zero-order valence-electron chi connectivity index (χ0n) is 20.2. The summed E-state index contributed by atoms with van der Waals surface area (Å²) in [6, 6.07) is 14.1. The van der Waals surface area contributed by atoms with Crippen LogP contribution in [0.1, 0.15) is 38.7 Å². The van der Waals surface area contributed by atoms with Crippen LogP contribution in [0.4, 0.5) is 4.79 Å². The first-order chi connectivity index (χ1) is 16.5. The lowest BCUT2D eigenvalue weighted by molar-refractivity contribution is -0.149.